The molecule has 1 saturated heterocycles. The van der Waals surface area contributed by atoms with Crippen LogP contribution >= 0.6 is 0 Å². The maximum atomic E-state index is 12.1. The van der Waals surface area contributed by atoms with Crippen LogP contribution in [0.4, 0.5) is 5.69 Å². The smallest absolute Gasteiger partial charge is 0.229 e. The Morgan fingerprint density at radius 3 is 2.56 bits per heavy atom. The average Bonchev–Trinajstić information content (AvgIpc) is 2.94. The molecule has 7 nitrogen and oxygen atoms in total. The van der Waals surface area contributed by atoms with Gasteiger partial charge in [-0.1, -0.05) is 18.2 Å². The quantitative estimate of drug-likeness (QED) is 0.816. The van der Waals surface area contributed by atoms with Gasteiger partial charge in [0, 0.05) is 38.1 Å². The molecule has 7 heteroatoms. The van der Waals surface area contributed by atoms with Crippen molar-refractivity contribution in [3.05, 3.63) is 48.8 Å². The molecule has 128 valence electrons. The zero-order chi connectivity index (χ0) is 17.6. The van der Waals surface area contributed by atoms with Crippen molar-refractivity contribution in [3.8, 4) is 11.5 Å². The maximum Gasteiger partial charge on any atom is 0.229 e. The molecule has 3 rings (SSSR count). The van der Waals surface area contributed by atoms with Gasteiger partial charge in [0.05, 0.1) is 6.20 Å². The number of ether oxygens (including phenoxy) is 1. The Hall–Kier alpha value is -3.22. The maximum absolute atomic E-state index is 12.1. The highest BCUT2D eigenvalue weighted by atomic mass is 16.5. The molecule has 0 atom stereocenters. The number of para-hydroxylation sites is 1. The SMILES string of the molecule is O=C(CCN1C(=O)CCC1=O)Nc1cnccc1Oc1ccccc1. The predicted octanol–water partition coefficient (Wildman–Crippen LogP) is 2.35. The fourth-order valence-corrected chi connectivity index (χ4v) is 2.48. The molecule has 1 aliphatic rings. The van der Waals surface area contributed by atoms with E-state index in [4.69, 9.17) is 4.74 Å². The van der Waals surface area contributed by atoms with Gasteiger partial charge in [0.2, 0.25) is 17.7 Å². The lowest BCUT2D eigenvalue weighted by Crippen LogP contribution is -2.32. The van der Waals surface area contributed by atoms with Crippen LogP contribution in [-0.2, 0) is 14.4 Å². The highest BCUT2D eigenvalue weighted by molar-refractivity contribution is 6.02. The molecule has 0 bridgehead atoms. The number of hydrogen-bond acceptors (Lipinski definition) is 5. The first-order valence-corrected chi connectivity index (χ1v) is 7.93. The molecule has 1 aromatic carbocycles. The standard InChI is InChI=1S/C18H17N3O4/c22-16(9-11-21-17(23)6-7-18(21)24)20-14-12-19-10-8-15(14)25-13-4-2-1-3-5-13/h1-5,8,10,12H,6-7,9,11H2,(H,20,22). The van der Waals surface area contributed by atoms with Gasteiger partial charge >= 0.3 is 0 Å². The summed E-state index contributed by atoms with van der Waals surface area (Å²) in [5.74, 6) is 0.318. The number of imide groups is 1. The molecule has 1 aromatic heterocycles. The van der Waals surface area contributed by atoms with Crippen LogP contribution in [0.15, 0.2) is 48.8 Å². The van der Waals surface area contributed by atoms with E-state index in [9.17, 15) is 14.4 Å². The minimum absolute atomic E-state index is 0.0250. The second-order valence-corrected chi connectivity index (χ2v) is 5.52. The number of hydrogen-bond donors (Lipinski definition) is 1. The van der Waals surface area contributed by atoms with Crippen molar-refractivity contribution >= 4 is 23.4 Å². The number of pyridine rings is 1. The normalized spacial score (nSPS) is 13.8. The van der Waals surface area contributed by atoms with Gasteiger partial charge in [0.25, 0.3) is 0 Å². The van der Waals surface area contributed by atoms with Crippen LogP contribution in [-0.4, -0.2) is 34.2 Å². The third-order valence-electron chi connectivity index (χ3n) is 3.74. The zero-order valence-electron chi connectivity index (χ0n) is 13.5. The van der Waals surface area contributed by atoms with Crippen molar-refractivity contribution < 1.29 is 19.1 Å². The van der Waals surface area contributed by atoms with Gasteiger partial charge in [0.1, 0.15) is 11.4 Å². The second kappa shape index (κ2) is 7.57. The van der Waals surface area contributed by atoms with Crippen LogP contribution in [0.2, 0.25) is 0 Å². The Bertz CT molecular complexity index is 776. The van der Waals surface area contributed by atoms with Crippen LogP contribution in [0, 0.1) is 0 Å². The van der Waals surface area contributed by atoms with E-state index in [-0.39, 0.29) is 43.5 Å². The zero-order valence-corrected chi connectivity index (χ0v) is 13.5. The third-order valence-corrected chi connectivity index (χ3v) is 3.74. The van der Waals surface area contributed by atoms with Gasteiger partial charge in [-0.15, -0.1) is 0 Å². The summed E-state index contributed by atoms with van der Waals surface area (Å²) in [5.41, 5.74) is 0.426. The number of likely N-dealkylation sites (tertiary alicyclic amines) is 1. The Kier molecular flexibility index (Phi) is 5.03. The molecular weight excluding hydrogens is 322 g/mol. The number of nitrogens with one attached hydrogen (secondary N) is 1. The summed E-state index contributed by atoms with van der Waals surface area (Å²) >= 11 is 0. The van der Waals surface area contributed by atoms with Crippen LogP contribution in [0.3, 0.4) is 0 Å². The van der Waals surface area contributed by atoms with Gasteiger partial charge in [-0.3, -0.25) is 24.3 Å². The molecule has 0 spiro atoms. The molecule has 1 N–H and O–H groups in total. The van der Waals surface area contributed by atoms with Crippen molar-refractivity contribution in [1.29, 1.82) is 0 Å². The van der Waals surface area contributed by atoms with Gasteiger partial charge in [-0.25, -0.2) is 0 Å². The lowest BCUT2D eigenvalue weighted by atomic mass is 10.3. The Balaban J connectivity index is 1.61. The largest absolute Gasteiger partial charge is 0.455 e. The van der Waals surface area contributed by atoms with E-state index in [0.717, 1.165) is 4.90 Å². The van der Waals surface area contributed by atoms with Crippen LogP contribution < -0.4 is 10.1 Å². The van der Waals surface area contributed by atoms with Crippen LogP contribution in [0.5, 0.6) is 11.5 Å². The Morgan fingerprint density at radius 2 is 1.84 bits per heavy atom. The van der Waals surface area contributed by atoms with Gasteiger partial charge in [0.15, 0.2) is 5.75 Å². The number of aromatic nitrogens is 1. The molecule has 0 aliphatic carbocycles. The van der Waals surface area contributed by atoms with Crippen molar-refractivity contribution in [2.45, 2.75) is 19.3 Å². The summed E-state index contributed by atoms with van der Waals surface area (Å²) in [5, 5.41) is 2.71. The van der Waals surface area contributed by atoms with Gasteiger partial charge < -0.3 is 10.1 Å². The van der Waals surface area contributed by atoms with E-state index in [1.807, 2.05) is 18.2 Å². The van der Waals surface area contributed by atoms with Gasteiger partial charge in [-0.2, -0.15) is 0 Å². The monoisotopic (exact) mass is 339 g/mol. The van der Waals surface area contributed by atoms with E-state index < -0.39 is 0 Å². The van der Waals surface area contributed by atoms with Crippen molar-refractivity contribution in [2.24, 2.45) is 0 Å². The lowest BCUT2D eigenvalue weighted by Gasteiger charge is -2.14. The highest BCUT2D eigenvalue weighted by Crippen LogP contribution is 2.28. The first-order chi connectivity index (χ1) is 12.1. The first-order valence-electron chi connectivity index (χ1n) is 7.93. The first kappa shape index (κ1) is 16.6. The lowest BCUT2D eigenvalue weighted by molar-refractivity contribution is -0.138. The van der Waals surface area contributed by atoms with E-state index in [1.165, 1.54) is 6.20 Å². The number of carbonyl (C=O) groups excluding carboxylic acids is 3. The summed E-state index contributed by atoms with van der Waals surface area (Å²) in [6.45, 7) is 0.0820. The number of amides is 3. The van der Waals surface area contributed by atoms with E-state index >= 15 is 0 Å². The molecule has 2 aromatic rings. The summed E-state index contributed by atoms with van der Waals surface area (Å²) in [6, 6.07) is 10.8. The van der Waals surface area contributed by atoms with E-state index in [2.05, 4.69) is 10.3 Å². The van der Waals surface area contributed by atoms with Crippen LogP contribution in [0.25, 0.3) is 0 Å². The minimum atomic E-state index is -0.321. The number of rotatable bonds is 6. The van der Waals surface area contributed by atoms with Crippen molar-refractivity contribution in [2.75, 3.05) is 11.9 Å². The number of nitrogens with zero attached hydrogens (tertiary/aromatic N) is 2. The average molecular weight is 339 g/mol. The van der Waals surface area contributed by atoms with Crippen molar-refractivity contribution in [3.63, 3.8) is 0 Å². The summed E-state index contributed by atoms with van der Waals surface area (Å²) < 4.78 is 5.75. The molecule has 1 fully saturated rings. The Labute approximate surface area is 144 Å². The Morgan fingerprint density at radius 1 is 1.12 bits per heavy atom. The summed E-state index contributed by atoms with van der Waals surface area (Å²) in [7, 11) is 0. The number of anilines is 1. The molecule has 3 amide bonds. The highest BCUT2D eigenvalue weighted by Gasteiger charge is 2.28. The number of carbonyl (C=O) groups is 3. The summed E-state index contributed by atoms with van der Waals surface area (Å²) in [6.07, 6.45) is 3.52. The predicted molar refractivity (Wildman–Crippen MR) is 90.0 cm³/mol. The van der Waals surface area contributed by atoms with Crippen LogP contribution in [0.1, 0.15) is 19.3 Å². The van der Waals surface area contributed by atoms with E-state index in [0.29, 0.717) is 17.2 Å². The summed E-state index contributed by atoms with van der Waals surface area (Å²) in [4.78, 5) is 40.4. The minimum Gasteiger partial charge on any atom is -0.455 e. The number of benzene rings is 1. The fourth-order valence-electron chi connectivity index (χ4n) is 2.48. The molecule has 0 saturated carbocycles. The molecular formula is C18H17N3O4. The second-order valence-electron chi connectivity index (χ2n) is 5.52. The fraction of sp³-hybridized carbons (Fsp3) is 0.222. The molecule has 2 heterocycles. The topological polar surface area (TPSA) is 88.6 Å². The third kappa shape index (κ3) is 4.20. The molecule has 0 unspecified atom stereocenters. The molecule has 25 heavy (non-hydrogen) atoms. The van der Waals surface area contributed by atoms with Crippen molar-refractivity contribution in [1.82, 2.24) is 9.88 Å². The molecule has 0 radical (unpaired) electrons. The van der Waals surface area contributed by atoms with Gasteiger partial charge in [-0.05, 0) is 12.1 Å². The van der Waals surface area contributed by atoms with E-state index in [1.54, 1.807) is 24.4 Å². The molecule has 1 aliphatic heterocycles.